The lowest BCUT2D eigenvalue weighted by Gasteiger charge is -2.44. The van der Waals surface area contributed by atoms with Gasteiger partial charge >= 0.3 is 7.12 Å². The lowest BCUT2D eigenvalue weighted by Crippen LogP contribution is -2.55. The zero-order chi connectivity index (χ0) is 70.6. The van der Waals surface area contributed by atoms with Crippen LogP contribution in [0.2, 0.25) is 0 Å². The van der Waals surface area contributed by atoms with Gasteiger partial charge in [-0.25, -0.2) is 23.1 Å². The van der Waals surface area contributed by atoms with Crippen LogP contribution in [0.3, 0.4) is 0 Å². The van der Waals surface area contributed by atoms with Gasteiger partial charge in [0.15, 0.2) is 52.0 Å². The highest BCUT2D eigenvalue weighted by Gasteiger charge is 2.52. The first-order valence-corrected chi connectivity index (χ1v) is 35.5. The van der Waals surface area contributed by atoms with E-state index in [4.69, 9.17) is 45.0 Å². The maximum atomic E-state index is 14.9. The third kappa shape index (κ3) is 17.5. The quantitative estimate of drug-likeness (QED) is 0.0700. The van der Waals surface area contributed by atoms with Crippen molar-refractivity contribution < 1.29 is 41.4 Å². The van der Waals surface area contributed by atoms with Gasteiger partial charge < -0.3 is 49.5 Å². The summed E-state index contributed by atoms with van der Waals surface area (Å²) in [5.41, 5.74) is 17.3. The van der Waals surface area contributed by atoms with Gasteiger partial charge in [-0.2, -0.15) is 15.5 Å². The molecule has 0 unspecified atom stereocenters. The molecule has 101 heavy (non-hydrogen) atoms. The van der Waals surface area contributed by atoms with E-state index in [1.807, 2.05) is 58.0 Å². The number of likely N-dealkylation sites (tertiary alicyclic amines) is 2. The number of aromatic nitrogens is 6. The Morgan fingerprint density at radius 2 is 0.950 bits per heavy atom. The van der Waals surface area contributed by atoms with Crippen molar-refractivity contribution in [2.75, 3.05) is 86.8 Å². The Bertz CT molecular complexity index is 4290. The van der Waals surface area contributed by atoms with E-state index in [-0.39, 0.29) is 53.5 Å². The number of aromatic amines is 2. The van der Waals surface area contributed by atoms with E-state index in [2.05, 4.69) is 185 Å². The molecule has 16 rings (SSSR count). The van der Waals surface area contributed by atoms with Crippen LogP contribution in [0.5, 0.6) is 17.2 Å². The normalized spacial score (nSPS) is 17.2. The van der Waals surface area contributed by atoms with Crippen LogP contribution >= 0.6 is 31.9 Å². The number of nitrogens with two attached hydrogens (primary N) is 2. The second kappa shape index (κ2) is 32.8. The molecule has 6 aliphatic heterocycles. The number of anilines is 4. The summed E-state index contributed by atoms with van der Waals surface area (Å²) < 4.78 is 77.7. The Labute approximate surface area is 603 Å². The zero-order valence-corrected chi connectivity index (χ0v) is 59.9. The van der Waals surface area contributed by atoms with Gasteiger partial charge in [-0.1, -0.05) is 159 Å². The van der Waals surface area contributed by atoms with Gasteiger partial charge in [0.25, 0.3) is 0 Å². The molecule has 19 nitrogen and oxygen atoms in total. The van der Waals surface area contributed by atoms with Crippen LogP contribution in [-0.4, -0.2) is 142 Å². The summed E-state index contributed by atoms with van der Waals surface area (Å²) >= 11 is 6.44. The molecule has 0 radical (unpaired) electrons. The Hall–Kier alpha value is -9.00. The lowest BCUT2D eigenvalue weighted by atomic mass is 9.79. The largest absolute Gasteiger partial charge is 0.494 e. The van der Waals surface area contributed by atoms with Crippen LogP contribution in [-0.2, 0) is 14.0 Å². The molecule has 0 atom stereocenters. The number of H-pyrrole nitrogens is 2. The standard InChI is InChI=1S/C28H31BFNO3.C22H19BrFNO.C9H8BrFO2.C9H12N6.C8H11N5/c1-27(2)28(3,4)34-29(33-27)22-15-16-25(24(30)17-22)32-23-18-31(19-23)26(20-11-7-5-8-12-20)21-13-9-6-10-14-21;23-18-11-12-21(20(24)13-18)26-19-14-25(15-19)22(16-7-3-1-4-8-16)17-9-5-2-6-10-17;10-6-1-2-9(8(11)3-6)13-7-4-12-5-7;10-7-6-8(12-5-11-7)13-14-9(6)15-3-1-2-4-15;9-5-6-7(10)11-12-8(6)13-3-1-2-4-13/h5-17,23,26H,18-19H2,1-4H3;1-13,19,22H,14-15H2;1-3,7H,4-5H2;5H,1-4H2,(H3,10,11,12,13,14);1-4H2,(H3,10,11,12). The third-order valence-corrected chi connectivity index (χ3v) is 19.8. The Morgan fingerprint density at radius 3 is 1.36 bits per heavy atom. The van der Waals surface area contributed by atoms with Crippen molar-refractivity contribution in [1.29, 1.82) is 5.26 Å². The molecule has 6 N–H and O–H groups in total. The fraction of sp³-hybridized carbons (Fsp3) is 0.329. The summed E-state index contributed by atoms with van der Waals surface area (Å²) in [4.78, 5) is 17.1. The monoisotopic (exact) mass is 1500 g/mol. The van der Waals surface area contributed by atoms with Crippen molar-refractivity contribution in [3.05, 3.63) is 236 Å². The Balaban J connectivity index is 0.000000127. The van der Waals surface area contributed by atoms with Gasteiger partial charge in [-0.05, 0) is 130 Å². The van der Waals surface area contributed by atoms with E-state index in [9.17, 15) is 13.2 Å². The van der Waals surface area contributed by atoms with Crippen molar-refractivity contribution in [3.8, 4) is 23.3 Å². The van der Waals surface area contributed by atoms with Crippen LogP contribution in [0.1, 0.15) is 93.3 Å². The van der Waals surface area contributed by atoms with Crippen LogP contribution in [0.4, 0.5) is 36.4 Å². The van der Waals surface area contributed by atoms with Crippen LogP contribution in [0.25, 0.3) is 11.0 Å². The molecular formula is C76H81BBr2F3N13O6. The highest BCUT2D eigenvalue weighted by atomic mass is 79.9. The number of nitrogens with zero attached hydrogens (tertiary/aromatic N) is 9. The lowest BCUT2D eigenvalue weighted by molar-refractivity contribution is -0.0808. The van der Waals surface area contributed by atoms with Crippen molar-refractivity contribution in [1.82, 2.24) is 40.2 Å². The average molecular weight is 1500 g/mol. The number of hydrogen-bond acceptors (Lipinski definition) is 17. The number of fused-ring (bicyclic) bond motifs is 1. The molecule has 0 spiro atoms. The molecule has 6 saturated heterocycles. The average Bonchev–Trinajstić information content (AvgIpc) is 1.75. The van der Waals surface area contributed by atoms with Gasteiger partial charge in [0, 0.05) is 61.3 Å². The zero-order valence-electron chi connectivity index (χ0n) is 56.7. The SMILES string of the molecule is CC1(C)OB(c2ccc(OC3CN(C(c4ccccc4)c4ccccc4)C3)c(F)c2)OC1(C)C.Fc1cc(Br)ccc1OC1CN(C(c2ccccc2)c2ccccc2)C1.Fc1cc(Br)ccc1OC1COC1.N#Cc1c(N2CCCC2)n[nH]c1N.Nc1ncnc2[nH]nc(N3CCCC3)c12. The third-order valence-electron chi connectivity index (χ3n) is 18.8. The molecule has 25 heteroatoms. The van der Waals surface area contributed by atoms with E-state index in [1.54, 1.807) is 30.3 Å². The number of nitrogens with one attached hydrogen (secondary N) is 2. The molecule has 0 saturated carbocycles. The van der Waals surface area contributed by atoms with Crippen molar-refractivity contribution >= 4 is 78.7 Å². The molecule has 10 aromatic rings. The first-order chi connectivity index (χ1) is 48.9. The van der Waals surface area contributed by atoms with Gasteiger partial charge in [0.2, 0.25) is 0 Å². The first-order valence-electron chi connectivity index (χ1n) is 33.9. The predicted molar refractivity (Wildman–Crippen MR) is 394 cm³/mol. The van der Waals surface area contributed by atoms with E-state index >= 15 is 0 Å². The topological polar surface area (TPSA) is 227 Å². The highest BCUT2D eigenvalue weighted by Crippen LogP contribution is 2.39. The van der Waals surface area contributed by atoms with Gasteiger partial charge in [0.05, 0.1) is 36.5 Å². The fourth-order valence-corrected chi connectivity index (χ4v) is 13.3. The molecule has 7 aromatic carbocycles. The molecule has 6 fully saturated rings. The van der Waals surface area contributed by atoms with Gasteiger partial charge in [0.1, 0.15) is 53.3 Å². The summed E-state index contributed by atoms with van der Waals surface area (Å²) in [6, 6.07) is 58.9. The Morgan fingerprint density at radius 1 is 0.545 bits per heavy atom. The minimum atomic E-state index is -0.592. The number of benzene rings is 7. The second-order valence-corrected chi connectivity index (χ2v) is 28.2. The van der Waals surface area contributed by atoms with E-state index < -0.39 is 24.1 Å². The summed E-state index contributed by atoms with van der Waals surface area (Å²) in [6.45, 7) is 16.1. The molecule has 0 aliphatic carbocycles. The number of ether oxygens (including phenoxy) is 4. The van der Waals surface area contributed by atoms with Crippen LogP contribution in [0.15, 0.2) is 191 Å². The number of nitrogen functional groups attached to an aromatic ring is 2. The summed E-state index contributed by atoms with van der Waals surface area (Å²) in [6.07, 6.45) is 6.14. The minimum Gasteiger partial charge on any atom is -0.485 e. The second-order valence-electron chi connectivity index (χ2n) is 26.4. The maximum Gasteiger partial charge on any atom is 0.494 e. The number of rotatable bonds is 15. The van der Waals surface area contributed by atoms with E-state index in [0.29, 0.717) is 62.0 Å². The fourth-order valence-electron chi connectivity index (χ4n) is 12.6. The molecule has 3 aromatic heterocycles. The summed E-state index contributed by atoms with van der Waals surface area (Å²) in [5, 5.41) is 23.5. The highest BCUT2D eigenvalue weighted by molar-refractivity contribution is 9.10. The molecule has 0 bridgehead atoms. The number of hydrogen-bond donors (Lipinski definition) is 4. The van der Waals surface area contributed by atoms with Crippen molar-refractivity contribution in [3.63, 3.8) is 0 Å². The predicted octanol–water partition coefficient (Wildman–Crippen LogP) is 13.8. The molecule has 6 aliphatic rings. The first kappa shape index (κ1) is 71.8. The minimum absolute atomic E-state index is 0.000556. The van der Waals surface area contributed by atoms with E-state index in [0.717, 1.165) is 76.4 Å². The Kier molecular flexibility index (Phi) is 23.3. The number of nitriles is 1. The van der Waals surface area contributed by atoms with Gasteiger partial charge in [-0.15, -0.1) is 0 Å². The summed E-state index contributed by atoms with van der Waals surface area (Å²) in [5.74, 6) is 2.25. The van der Waals surface area contributed by atoms with Crippen molar-refractivity contribution in [2.45, 2.75) is 95.0 Å². The smallest absolute Gasteiger partial charge is 0.485 e. The van der Waals surface area contributed by atoms with Crippen LogP contribution < -0.4 is 40.9 Å². The molecule has 524 valence electrons. The van der Waals surface area contributed by atoms with Crippen molar-refractivity contribution in [2.24, 2.45) is 0 Å². The molecule has 9 heterocycles. The molecular weight excluding hydrogens is 1420 g/mol. The van der Waals surface area contributed by atoms with Gasteiger partial charge in [-0.3, -0.25) is 20.0 Å². The van der Waals surface area contributed by atoms with E-state index in [1.165, 1.54) is 59.6 Å². The van der Waals surface area contributed by atoms with Crippen LogP contribution in [0, 0.1) is 28.8 Å². The maximum absolute atomic E-state index is 14.9. The number of halogens is 5. The summed E-state index contributed by atoms with van der Waals surface area (Å²) in [7, 11) is -0.592. The molecule has 0 amide bonds.